The van der Waals surface area contributed by atoms with Crippen LogP contribution in [0.1, 0.15) is 17.5 Å². The average molecular weight is 559 g/mol. The number of rotatable bonds is 8. The van der Waals surface area contributed by atoms with Gasteiger partial charge in [-0.05, 0) is 36.1 Å². The zero-order valence-electron chi connectivity index (χ0n) is 17.6. The monoisotopic (exact) mass is 558 g/mol. The van der Waals surface area contributed by atoms with Crippen LogP contribution in [0, 0.1) is 11.7 Å². The number of carbonyl (C=O) groups is 1. The van der Waals surface area contributed by atoms with Crippen LogP contribution in [0.4, 0.5) is 4.39 Å². The van der Waals surface area contributed by atoms with Gasteiger partial charge in [-0.25, -0.2) is 4.39 Å². The molecule has 2 N–H and O–H groups in total. The van der Waals surface area contributed by atoms with Gasteiger partial charge in [0.2, 0.25) is 5.91 Å². The molecular formula is C23H29ClFIN4O. The number of nitrogens with one attached hydrogen (secondary N) is 2. The van der Waals surface area contributed by atoms with E-state index in [9.17, 15) is 9.18 Å². The van der Waals surface area contributed by atoms with Gasteiger partial charge < -0.3 is 15.5 Å². The molecule has 5 nitrogen and oxygen atoms in total. The molecule has 168 valence electrons. The van der Waals surface area contributed by atoms with E-state index < -0.39 is 0 Å². The SMILES string of the molecule is CN=C(NCCc1ccc(F)cc1Cl)NCC1CC(=O)N(CCc2ccccc2)C1.I. The van der Waals surface area contributed by atoms with Crippen LogP contribution in [0.3, 0.4) is 0 Å². The van der Waals surface area contributed by atoms with Gasteiger partial charge in [0.15, 0.2) is 5.96 Å². The summed E-state index contributed by atoms with van der Waals surface area (Å²) in [6, 6.07) is 14.7. The first-order chi connectivity index (χ1) is 14.5. The van der Waals surface area contributed by atoms with Crippen LogP contribution in [-0.4, -0.2) is 50.0 Å². The number of guanidine groups is 1. The van der Waals surface area contributed by atoms with Crippen molar-refractivity contribution in [1.29, 1.82) is 0 Å². The van der Waals surface area contributed by atoms with E-state index in [4.69, 9.17) is 11.6 Å². The van der Waals surface area contributed by atoms with Crippen LogP contribution in [0.25, 0.3) is 0 Å². The summed E-state index contributed by atoms with van der Waals surface area (Å²) < 4.78 is 13.1. The zero-order chi connectivity index (χ0) is 21.3. The highest BCUT2D eigenvalue weighted by Crippen LogP contribution is 2.18. The molecule has 1 saturated heterocycles. The fourth-order valence-electron chi connectivity index (χ4n) is 3.62. The van der Waals surface area contributed by atoms with Gasteiger partial charge in [0.05, 0.1) is 0 Å². The lowest BCUT2D eigenvalue weighted by molar-refractivity contribution is -0.127. The highest BCUT2D eigenvalue weighted by molar-refractivity contribution is 14.0. The number of amides is 1. The van der Waals surface area contributed by atoms with Gasteiger partial charge in [0.1, 0.15) is 5.82 Å². The Balaban J connectivity index is 0.00000341. The van der Waals surface area contributed by atoms with Crippen molar-refractivity contribution >= 4 is 47.4 Å². The summed E-state index contributed by atoms with van der Waals surface area (Å²) in [5.74, 6) is 0.825. The van der Waals surface area contributed by atoms with E-state index in [0.717, 1.165) is 25.1 Å². The maximum absolute atomic E-state index is 13.1. The lowest BCUT2D eigenvalue weighted by Crippen LogP contribution is -2.41. The number of benzene rings is 2. The molecule has 0 aromatic heterocycles. The van der Waals surface area contributed by atoms with Crippen molar-refractivity contribution in [2.75, 3.05) is 33.2 Å². The Morgan fingerprint density at radius 3 is 2.68 bits per heavy atom. The first-order valence-electron chi connectivity index (χ1n) is 10.3. The first-order valence-corrected chi connectivity index (χ1v) is 10.6. The van der Waals surface area contributed by atoms with Crippen molar-refractivity contribution in [3.05, 3.63) is 70.5 Å². The van der Waals surface area contributed by atoms with Crippen LogP contribution in [0.15, 0.2) is 53.5 Å². The summed E-state index contributed by atoms with van der Waals surface area (Å²) in [6.45, 7) is 2.83. The fourth-order valence-corrected chi connectivity index (χ4v) is 3.88. The lowest BCUT2D eigenvalue weighted by atomic mass is 10.1. The van der Waals surface area contributed by atoms with E-state index in [2.05, 4.69) is 27.8 Å². The summed E-state index contributed by atoms with van der Waals surface area (Å²) in [6.07, 6.45) is 2.10. The Kier molecular flexibility index (Phi) is 10.5. The molecule has 2 aromatic carbocycles. The molecule has 0 saturated carbocycles. The van der Waals surface area contributed by atoms with E-state index >= 15 is 0 Å². The molecule has 0 spiro atoms. The Labute approximate surface area is 205 Å². The quantitative estimate of drug-likeness (QED) is 0.294. The Hall–Kier alpha value is -1.87. The van der Waals surface area contributed by atoms with E-state index in [1.165, 1.54) is 17.7 Å². The minimum absolute atomic E-state index is 0. The minimum atomic E-state index is -0.335. The third kappa shape index (κ3) is 7.96. The third-order valence-corrected chi connectivity index (χ3v) is 5.64. The van der Waals surface area contributed by atoms with E-state index in [0.29, 0.717) is 36.9 Å². The first kappa shape index (κ1) is 25.4. The molecule has 0 bridgehead atoms. The van der Waals surface area contributed by atoms with E-state index in [1.807, 2.05) is 23.1 Å². The maximum atomic E-state index is 13.1. The predicted molar refractivity (Wildman–Crippen MR) is 135 cm³/mol. The van der Waals surface area contributed by atoms with E-state index in [1.54, 1.807) is 13.1 Å². The summed E-state index contributed by atoms with van der Waals surface area (Å²) in [5, 5.41) is 6.97. The highest BCUT2D eigenvalue weighted by Gasteiger charge is 2.29. The van der Waals surface area contributed by atoms with Crippen LogP contribution < -0.4 is 10.6 Å². The van der Waals surface area contributed by atoms with Gasteiger partial charge in [-0.3, -0.25) is 9.79 Å². The molecule has 1 aliphatic rings. The maximum Gasteiger partial charge on any atom is 0.223 e. The lowest BCUT2D eigenvalue weighted by Gasteiger charge is -2.18. The molecule has 31 heavy (non-hydrogen) atoms. The molecule has 8 heteroatoms. The highest BCUT2D eigenvalue weighted by atomic mass is 127. The van der Waals surface area contributed by atoms with Crippen molar-refractivity contribution in [3.8, 4) is 0 Å². The second-order valence-corrected chi connectivity index (χ2v) is 7.92. The number of carbonyl (C=O) groups excluding carboxylic acids is 1. The number of likely N-dealkylation sites (tertiary alicyclic amines) is 1. The second kappa shape index (κ2) is 12.9. The molecule has 3 rings (SSSR count). The molecule has 0 radical (unpaired) electrons. The van der Waals surface area contributed by atoms with Crippen molar-refractivity contribution in [2.45, 2.75) is 19.3 Å². The third-order valence-electron chi connectivity index (χ3n) is 5.29. The van der Waals surface area contributed by atoms with Gasteiger partial charge in [0, 0.05) is 50.6 Å². The molecule has 2 aromatic rings. The molecule has 1 unspecified atom stereocenters. The Bertz CT molecular complexity index is 881. The topological polar surface area (TPSA) is 56.7 Å². The van der Waals surface area contributed by atoms with Gasteiger partial charge in [-0.1, -0.05) is 48.0 Å². The largest absolute Gasteiger partial charge is 0.356 e. The number of hydrogen-bond acceptors (Lipinski definition) is 2. The normalized spacial score (nSPS) is 16.2. The standard InChI is InChI=1S/C23H28ClFN4O.HI/c1-26-23(27-11-9-19-7-8-20(25)14-21(19)24)28-15-18-13-22(30)29(16-18)12-10-17-5-3-2-4-6-17;/h2-8,14,18H,9-13,15-16H2,1H3,(H2,26,27,28);1H. The zero-order valence-corrected chi connectivity index (χ0v) is 20.7. The van der Waals surface area contributed by atoms with Crippen molar-refractivity contribution < 1.29 is 9.18 Å². The van der Waals surface area contributed by atoms with Crippen LogP contribution in [-0.2, 0) is 17.6 Å². The average Bonchev–Trinajstić information content (AvgIpc) is 3.10. The van der Waals surface area contributed by atoms with E-state index in [-0.39, 0.29) is 41.6 Å². The van der Waals surface area contributed by atoms with Crippen molar-refractivity contribution in [3.63, 3.8) is 0 Å². The molecule has 1 atom stereocenters. The fraction of sp³-hybridized carbons (Fsp3) is 0.391. The summed E-state index contributed by atoms with van der Waals surface area (Å²) in [7, 11) is 1.71. The molecular weight excluding hydrogens is 530 g/mol. The predicted octanol–water partition coefficient (Wildman–Crippen LogP) is 3.90. The van der Waals surface area contributed by atoms with Gasteiger partial charge in [-0.15, -0.1) is 24.0 Å². The smallest absolute Gasteiger partial charge is 0.223 e. The van der Waals surface area contributed by atoms with Gasteiger partial charge in [-0.2, -0.15) is 0 Å². The molecule has 1 aliphatic heterocycles. The Morgan fingerprint density at radius 2 is 1.97 bits per heavy atom. The summed E-state index contributed by atoms with van der Waals surface area (Å²) in [4.78, 5) is 18.5. The van der Waals surface area contributed by atoms with Crippen molar-refractivity contribution in [1.82, 2.24) is 15.5 Å². The summed E-state index contributed by atoms with van der Waals surface area (Å²) >= 11 is 6.07. The molecule has 1 heterocycles. The molecule has 1 amide bonds. The Morgan fingerprint density at radius 1 is 1.19 bits per heavy atom. The van der Waals surface area contributed by atoms with Gasteiger partial charge >= 0.3 is 0 Å². The van der Waals surface area contributed by atoms with Gasteiger partial charge in [0.25, 0.3) is 0 Å². The second-order valence-electron chi connectivity index (χ2n) is 7.51. The molecule has 0 aliphatic carbocycles. The van der Waals surface area contributed by atoms with Crippen LogP contribution >= 0.6 is 35.6 Å². The number of nitrogens with zero attached hydrogens (tertiary/aromatic N) is 2. The van der Waals surface area contributed by atoms with Crippen LogP contribution in [0.5, 0.6) is 0 Å². The van der Waals surface area contributed by atoms with Crippen molar-refractivity contribution in [2.24, 2.45) is 10.9 Å². The summed E-state index contributed by atoms with van der Waals surface area (Å²) in [5.41, 5.74) is 2.13. The number of aliphatic imine (C=N–C) groups is 1. The number of halogens is 3. The number of hydrogen-bond donors (Lipinski definition) is 2. The van der Waals surface area contributed by atoms with Crippen LogP contribution in [0.2, 0.25) is 5.02 Å². The molecule has 1 fully saturated rings. The minimum Gasteiger partial charge on any atom is -0.356 e.